The van der Waals surface area contributed by atoms with Crippen LogP contribution >= 0.6 is 0 Å². The summed E-state index contributed by atoms with van der Waals surface area (Å²) in [6.07, 6.45) is 0. The van der Waals surface area contributed by atoms with Crippen LogP contribution in [0, 0.1) is 0 Å². The van der Waals surface area contributed by atoms with Crippen molar-refractivity contribution < 1.29 is 0 Å². The van der Waals surface area contributed by atoms with Crippen molar-refractivity contribution in [2.75, 3.05) is 0 Å². The van der Waals surface area contributed by atoms with Crippen LogP contribution in [0.3, 0.4) is 0 Å². The molecule has 3 nitrogen and oxygen atoms in total. The van der Waals surface area contributed by atoms with Crippen molar-refractivity contribution in [3.63, 3.8) is 0 Å². The lowest BCUT2D eigenvalue weighted by Crippen LogP contribution is -2.23. The molecule has 0 bridgehead atoms. The van der Waals surface area contributed by atoms with Crippen LogP contribution in [0.1, 0.15) is 25.0 Å². The van der Waals surface area contributed by atoms with E-state index >= 15 is 0 Å². The van der Waals surface area contributed by atoms with E-state index in [0.717, 1.165) is 33.7 Å². The Morgan fingerprint density at radius 2 is 1.12 bits per heavy atom. The summed E-state index contributed by atoms with van der Waals surface area (Å²) in [5, 5.41) is 7.51. The summed E-state index contributed by atoms with van der Waals surface area (Å²) in [5.74, 6) is 1.56. The van der Waals surface area contributed by atoms with Crippen LogP contribution in [-0.4, -0.2) is 14.5 Å². The molecule has 0 fully saturated rings. The second-order valence-corrected chi connectivity index (χ2v) is 13.4. The van der Waals surface area contributed by atoms with Gasteiger partial charge in [-0.05, 0) is 56.4 Å². The summed E-state index contributed by atoms with van der Waals surface area (Å²) in [6.45, 7) is 4.73. The molecule has 226 valence electrons. The molecule has 0 aliphatic heterocycles. The summed E-state index contributed by atoms with van der Waals surface area (Å²) in [7, 11) is 0. The molecule has 3 heteroatoms. The van der Waals surface area contributed by atoms with Crippen LogP contribution in [0.15, 0.2) is 152 Å². The van der Waals surface area contributed by atoms with Gasteiger partial charge in [0.25, 0.3) is 0 Å². The van der Waals surface area contributed by atoms with Crippen molar-refractivity contribution in [3.05, 3.63) is 163 Å². The Labute approximate surface area is 278 Å². The summed E-state index contributed by atoms with van der Waals surface area (Å²) in [4.78, 5) is 10.5. The van der Waals surface area contributed by atoms with Gasteiger partial charge in [0.2, 0.25) is 0 Å². The van der Waals surface area contributed by atoms with E-state index in [-0.39, 0.29) is 5.41 Å². The zero-order chi connectivity index (χ0) is 32.0. The number of rotatable bonds is 3. The largest absolute Gasteiger partial charge is 0.294 e. The lowest BCUT2D eigenvalue weighted by molar-refractivity contribution is 0.645. The third-order valence-electron chi connectivity index (χ3n) is 10.3. The van der Waals surface area contributed by atoms with Crippen molar-refractivity contribution in [2.24, 2.45) is 0 Å². The van der Waals surface area contributed by atoms with Gasteiger partial charge in [-0.25, -0.2) is 9.97 Å². The molecule has 9 aromatic rings. The third-order valence-corrected chi connectivity index (χ3v) is 10.3. The summed E-state index contributed by atoms with van der Waals surface area (Å²) < 4.78 is 2.38. The summed E-state index contributed by atoms with van der Waals surface area (Å²) >= 11 is 0. The molecule has 0 atom stereocenters. The standard InChI is InChI=1S/C45H31N3/c1-45(2)35-22-12-11-21-33(35)43-41-32(20-13-23-36(41)45)26-39-42(43)34-24-30-18-9-10-19-31(30)25-38(34)48(39)40-27-37(28-14-5-3-6-15-28)46-44(47-40)29-16-7-4-8-17-29/h3-27H,1-2H3. The highest BCUT2D eigenvalue weighted by Crippen LogP contribution is 2.53. The van der Waals surface area contributed by atoms with Crippen molar-refractivity contribution in [1.29, 1.82) is 0 Å². The third kappa shape index (κ3) is 3.82. The highest BCUT2D eigenvalue weighted by molar-refractivity contribution is 6.26. The fourth-order valence-corrected chi connectivity index (χ4v) is 8.08. The van der Waals surface area contributed by atoms with Gasteiger partial charge in [-0.2, -0.15) is 0 Å². The first kappa shape index (κ1) is 27.1. The van der Waals surface area contributed by atoms with E-state index in [1.807, 2.05) is 24.3 Å². The number of hydrogen-bond acceptors (Lipinski definition) is 2. The van der Waals surface area contributed by atoms with Crippen LogP contribution in [0.2, 0.25) is 0 Å². The Hall–Kier alpha value is -6.06. The molecule has 0 amide bonds. The minimum absolute atomic E-state index is 0.121. The fourth-order valence-electron chi connectivity index (χ4n) is 8.08. The van der Waals surface area contributed by atoms with E-state index in [1.165, 1.54) is 54.6 Å². The molecule has 0 spiro atoms. The van der Waals surface area contributed by atoms with Crippen LogP contribution < -0.4 is 0 Å². The van der Waals surface area contributed by atoms with Gasteiger partial charge in [0, 0.05) is 38.9 Å². The molecule has 10 rings (SSSR count). The van der Waals surface area contributed by atoms with Gasteiger partial charge in [-0.1, -0.05) is 141 Å². The highest BCUT2D eigenvalue weighted by atomic mass is 15.1. The van der Waals surface area contributed by atoms with Crippen LogP contribution in [-0.2, 0) is 5.41 Å². The maximum absolute atomic E-state index is 5.34. The van der Waals surface area contributed by atoms with Gasteiger partial charge in [0.1, 0.15) is 5.82 Å². The molecule has 2 heterocycles. The average Bonchev–Trinajstić information content (AvgIpc) is 3.45. The topological polar surface area (TPSA) is 30.7 Å². The smallest absolute Gasteiger partial charge is 0.162 e. The Bertz CT molecular complexity index is 2680. The predicted octanol–water partition coefficient (Wildman–Crippen LogP) is 11.5. The van der Waals surface area contributed by atoms with Crippen LogP contribution in [0.4, 0.5) is 0 Å². The minimum Gasteiger partial charge on any atom is -0.294 e. The average molecular weight is 614 g/mol. The molecule has 0 radical (unpaired) electrons. The Kier molecular flexibility index (Phi) is 5.63. The summed E-state index contributed by atoms with van der Waals surface area (Å²) in [6, 6.07) is 54.5. The van der Waals surface area contributed by atoms with Crippen LogP contribution in [0.5, 0.6) is 0 Å². The normalized spacial score (nSPS) is 13.4. The molecule has 0 N–H and O–H groups in total. The molecule has 0 saturated carbocycles. The predicted molar refractivity (Wildman–Crippen MR) is 200 cm³/mol. The number of fused-ring (bicyclic) bond motifs is 7. The zero-order valence-electron chi connectivity index (χ0n) is 26.8. The molecule has 7 aromatic carbocycles. The van der Waals surface area contributed by atoms with Crippen LogP contribution in [0.25, 0.3) is 82.9 Å². The summed E-state index contributed by atoms with van der Waals surface area (Å²) in [5.41, 5.74) is 10.5. The highest BCUT2D eigenvalue weighted by Gasteiger charge is 2.35. The van der Waals surface area contributed by atoms with Gasteiger partial charge in [-0.3, -0.25) is 4.57 Å². The van der Waals surface area contributed by atoms with Crippen molar-refractivity contribution >= 4 is 43.4 Å². The first-order chi connectivity index (χ1) is 23.6. The minimum atomic E-state index is -0.121. The maximum atomic E-state index is 5.34. The van der Waals surface area contributed by atoms with Gasteiger partial charge < -0.3 is 0 Å². The molecule has 1 aliphatic carbocycles. The lowest BCUT2D eigenvalue weighted by atomic mass is 9.68. The van der Waals surface area contributed by atoms with Gasteiger partial charge in [-0.15, -0.1) is 0 Å². The van der Waals surface area contributed by atoms with E-state index in [4.69, 9.17) is 9.97 Å². The molecule has 0 saturated heterocycles. The van der Waals surface area contributed by atoms with Gasteiger partial charge in [0.05, 0.1) is 16.7 Å². The van der Waals surface area contributed by atoms with Crippen molar-refractivity contribution in [2.45, 2.75) is 19.3 Å². The zero-order valence-corrected chi connectivity index (χ0v) is 26.8. The Morgan fingerprint density at radius 3 is 1.92 bits per heavy atom. The lowest BCUT2D eigenvalue weighted by Gasteiger charge is -2.35. The van der Waals surface area contributed by atoms with E-state index in [1.54, 1.807) is 0 Å². The molecular weight excluding hydrogens is 583 g/mol. The van der Waals surface area contributed by atoms with E-state index in [2.05, 4.69) is 146 Å². The molecule has 48 heavy (non-hydrogen) atoms. The Morgan fingerprint density at radius 1 is 0.500 bits per heavy atom. The second kappa shape index (κ2) is 9.97. The molecule has 0 unspecified atom stereocenters. The van der Waals surface area contributed by atoms with Gasteiger partial charge >= 0.3 is 0 Å². The quantitative estimate of drug-likeness (QED) is 0.198. The first-order valence-electron chi connectivity index (χ1n) is 16.6. The number of aromatic nitrogens is 3. The van der Waals surface area contributed by atoms with E-state index < -0.39 is 0 Å². The second-order valence-electron chi connectivity index (χ2n) is 13.4. The fraction of sp³-hybridized carbons (Fsp3) is 0.0667. The SMILES string of the molecule is CC1(C)c2ccccc2-c2c3c1cccc3cc1c2c2cc3ccccc3cc2n1-c1cc(-c2ccccc2)nc(-c2ccccc2)n1. The Balaban J connectivity index is 1.41. The van der Waals surface area contributed by atoms with Crippen molar-refractivity contribution in [1.82, 2.24) is 14.5 Å². The molecule has 2 aromatic heterocycles. The van der Waals surface area contributed by atoms with E-state index in [0.29, 0.717) is 5.82 Å². The van der Waals surface area contributed by atoms with Crippen molar-refractivity contribution in [3.8, 4) is 39.6 Å². The first-order valence-corrected chi connectivity index (χ1v) is 16.6. The van der Waals surface area contributed by atoms with Gasteiger partial charge in [0.15, 0.2) is 5.82 Å². The number of nitrogens with zero attached hydrogens (tertiary/aromatic N) is 3. The maximum Gasteiger partial charge on any atom is 0.162 e. The van der Waals surface area contributed by atoms with E-state index in [9.17, 15) is 0 Å². The number of hydrogen-bond donors (Lipinski definition) is 0. The monoisotopic (exact) mass is 613 g/mol. The molecular formula is C45H31N3. The number of benzene rings is 7. The molecule has 1 aliphatic rings.